The van der Waals surface area contributed by atoms with Crippen LogP contribution in [0.15, 0.2) is 29.3 Å². The number of halogens is 1. The molecule has 1 aromatic carbocycles. The summed E-state index contributed by atoms with van der Waals surface area (Å²) in [5.74, 6) is 1.35. The number of nitrogens with zero attached hydrogens (tertiary/aromatic N) is 1. The summed E-state index contributed by atoms with van der Waals surface area (Å²) in [5, 5.41) is 9.31. The third kappa shape index (κ3) is 7.93. The number of carbonyl (C=O) groups is 1. The van der Waals surface area contributed by atoms with Crippen molar-refractivity contribution in [2.75, 3.05) is 20.6 Å². The summed E-state index contributed by atoms with van der Waals surface area (Å²) >= 11 is 0. The van der Waals surface area contributed by atoms with E-state index in [9.17, 15) is 4.79 Å². The topological polar surface area (TPSA) is 65.5 Å². The Morgan fingerprint density at radius 2 is 1.73 bits per heavy atom. The molecule has 1 rings (SSSR count). The lowest BCUT2D eigenvalue weighted by Crippen LogP contribution is -2.47. The monoisotopic (exact) mass is 474 g/mol. The van der Waals surface area contributed by atoms with Crippen molar-refractivity contribution in [2.24, 2.45) is 16.3 Å². The van der Waals surface area contributed by atoms with Gasteiger partial charge in [-0.2, -0.15) is 0 Å². The second-order valence-corrected chi connectivity index (χ2v) is 7.59. The van der Waals surface area contributed by atoms with E-state index >= 15 is 0 Å². The fraction of sp³-hybridized carbons (Fsp3) is 0.600. The highest BCUT2D eigenvalue weighted by atomic mass is 127. The smallest absolute Gasteiger partial charge is 0.227 e. The molecule has 0 aliphatic rings. The molecule has 0 saturated heterocycles. The van der Waals surface area contributed by atoms with E-state index in [2.05, 4.69) is 66.0 Å². The molecule has 1 atom stereocenters. The minimum atomic E-state index is -0.506. The summed E-state index contributed by atoms with van der Waals surface area (Å²) < 4.78 is 0. The summed E-state index contributed by atoms with van der Waals surface area (Å²) in [7, 11) is 3.39. The molecule has 0 aliphatic carbocycles. The molecule has 1 unspecified atom stereocenters. The van der Waals surface area contributed by atoms with Crippen LogP contribution < -0.4 is 16.0 Å². The molecule has 0 spiro atoms. The van der Waals surface area contributed by atoms with Crippen LogP contribution in [0.5, 0.6) is 0 Å². The first-order chi connectivity index (χ1) is 11.7. The molecule has 148 valence electrons. The SMILES string of the molecule is CN=C(NCC(C)(C)C(=O)NC)NC(C)c1ccc(CC(C)C)cc1.I. The molecule has 6 heteroatoms. The van der Waals surface area contributed by atoms with Crippen molar-refractivity contribution < 1.29 is 4.79 Å². The maximum Gasteiger partial charge on any atom is 0.227 e. The maximum atomic E-state index is 11.9. The summed E-state index contributed by atoms with van der Waals surface area (Å²) in [6, 6.07) is 8.84. The second kappa shape index (κ2) is 11.4. The van der Waals surface area contributed by atoms with Gasteiger partial charge in [0.25, 0.3) is 0 Å². The number of amides is 1. The van der Waals surface area contributed by atoms with Gasteiger partial charge in [0, 0.05) is 20.6 Å². The lowest BCUT2D eigenvalue weighted by Gasteiger charge is -2.25. The first-order valence-electron chi connectivity index (χ1n) is 8.97. The number of nitrogens with one attached hydrogen (secondary N) is 3. The van der Waals surface area contributed by atoms with Gasteiger partial charge in [0.05, 0.1) is 11.5 Å². The van der Waals surface area contributed by atoms with Crippen molar-refractivity contribution in [3.8, 4) is 0 Å². The van der Waals surface area contributed by atoms with Gasteiger partial charge in [0.2, 0.25) is 5.91 Å². The van der Waals surface area contributed by atoms with E-state index < -0.39 is 5.41 Å². The summed E-state index contributed by atoms with van der Waals surface area (Å²) in [4.78, 5) is 16.1. The predicted octanol–water partition coefficient (Wildman–Crippen LogP) is 3.50. The zero-order valence-electron chi connectivity index (χ0n) is 17.1. The van der Waals surface area contributed by atoms with Gasteiger partial charge in [-0.15, -0.1) is 24.0 Å². The number of benzene rings is 1. The van der Waals surface area contributed by atoms with Crippen LogP contribution in [0.1, 0.15) is 51.8 Å². The number of carbonyl (C=O) groups excluding carboxylic acids is 1. The van der Waals surface area contributed by atoms with Crippen LogP contribution in [-0.4, -0.2) is 32.5 Å². The molecule has 0 fully saturated rings. The molecule has 1 amide bonds. The van der Waals surface area contributed by atoms with Gasteiger partial charge in [-0.05, 0) is 44.2 Å². The van der Waals surface area contributed by atoms with Gasteiger partial charge in [-0.1, -0.05) is 38.1 Å². The molecule has 0 aliphatic heterocycles. The van der Waals surface area contributed by atoms with Crippen molar-refractivity contribution in [1.29, 1.82) is 0 Å². The average Bonchev–Trinajstić information content (AvgIpc) is 2.57. The van der Waals surface area contributed by atoms with Gasteiger partial charge in [0.15, 0.2) is 5.96 Å². The van der Waals surface area contributed by atoms with Gasteiger partial charge in [0.1, 0.15) is 0 Å². The van der Waals surface area contributed by atoms with Crippen LogP contribution in [0.25, 0.3) is 0 Å². The highest BCUT2D eigenvalue weighted by molar-refractivity contribution is 14.0. The molecule has 26 heavy (non-hydrogen) atoms. The summed E-state index contributed by atoms with van der Waals surface area (Å²) in [6.45, 7) is 10.9. The molecule has 0 heterocycles. The van der Waals surface area contributed by atoms with Crippen LogP contribution in [0.4, 0.5) is 0 Å². The standard InChI is InChI=1S/C20H34N4O.HI/c1-14(2)12-16-8-10-17(11-9-16)15(3)24-19(22-7)23-13-20(4,5)18(25)21-6;/h8-11,14-15H,12-13H2,1-7H3,(H,21,25)(H2,22,23,24);1H. The zero-order chi connectivity index (χ0) is 19.0. The summed E-state index contributed by atoms with van der Waals surface area (Å²) in [5.41, 5.74) is 2.07. The van der Waals surface area contributed by atoms with Crippen molar-refractivity contribution in [3.63, 3.8) is 0 Å². The van der Waals surface area contributed by atoms with E-state index in [-0.39, 0.29) is 35.9 Å². The van der Waals surface area contributed by atoms with E-state index in [4.69, 9.17) is 0 Å². The minimum absolute atomic E-state index is 0. The maximum absolute atomic E-state index is 11.9. The average molecular weight is 474 g/mol. The van der Waals surface area contributed by atoms with Crippen LogP contribution >= 0.6 is 24.0 Å². The molecule has 0 saturated carbocycles. The Labute approximate surface area is 175 Å². The third-order valence-corrected chi connectivity index (χ3v) is 4.24. The molecule has 5 nitrogen and oxygen atoms in total. The predicted molar refractivity (Wildman–Crippen MR) is 121 cm³/mol. The first kappa shape index (κ1) is 24.7. The Bertz CT molecular complexity index is 582. The number of hydrogen-bond acceptors (Lipinski definition) is 2. The molecule has 3 N–H and O–H groups in total. The van der Waals surface area contributed by atoms with Crippen molar-refractivity contribution >= 4 is 35.8 Å². The Morgan fingerprint density at radius 1 is 1.15 bits per heavy atom. The van der Waals surface area contributed by atoms with Gasteiger partial charge in [-0.3, -0.25) is 9.79 Å². The molecular weight excluding hydrogens is 439 g/mol. The Kier molecular flexibility index (Phi) is 10.8. The highest BCUT2D eigenvalue weighted by Crippen LogP contribution is 2.16. The second-order valence-electron chi connectivity index (χ2n) is 7.59. The van der Waals surface area contributed by atoms with Crippen molar-refractivity contribution in [3.05, 3.63) is 35.4 Å². The Morgan fingerprint density at radius 3 is 2.19 bits per heavy atom. The van der Waals surface area contributed by atoms with Gasteiger partial charge in [-0.25, -0.2) is 0 Å². The molecule has 0 bridgehead atoms. The van der Waals surface area contributed by atoms with Gasteiger partial charge < -0.3 is 16.0 Å². The van der Waals surface area contributed by atoms with E-state index in [1.54, 1.807) is 14.1 Å². The fourth-order valence-electron chi connectivity index (χ4n) is 2.62. The van der Waals surface area contributed by atoms with Crippen LogP contribution in [-0.2, 0) is 11.2 Å². The number of guanidine groups is 1. The number of rotatable bonds is 7. The van der Waals surface area contributed by atoms with Crippen LogP contribution in [0.3, 0.4) is 0 Å². The number of hydrogen-bond donors (Lipinski definition) is 3. The normalized spacial score (nSPS) is 13.0. The number of aliphatic imine (C=N–C) groups is 1. The molecular formula is C20H35IN4O. The van der Waals surface area contributed by atoms with Crippen molar-refractivity contribution in [2.45, 2.75) is 47.1 Å². The van der Waals surface area contributed by atoms with E-state index in [1.165, 1.54) is 11.1 Å². The lowest BCUT2D eigenvalue weighted by atomic mass is 9.92. The van der Waals surface area contributed by atoms with Gasteiger partial charge >= 0.3 is 0 Å². The van der Waals surface area contributed by atoms with Crippen molar-refractivity contribution in [1.82, 2.24) is 16.0 Å². The fourth-order valence-corrected chi connectivity index (χ4v) is 2.62. The minimum Gasteiger partial charge on any atom is -0.359 e. The highest BCUT2D eigenvalue weighted by Gasteiger charge is 2.26. The van der Waals surface area contributed by atoms with E-state index in [0.29, 0.717) is 18.4 Å². The van der Waals surface area contributed by atoms with E-state index in [0.717, 1.165) is 6.42 Å². The van der Waals surface area contributed by atoms with E-state index in [1.807, 2.05) is 13.8 Å². The van der Waals surface area contributed by atoms with Crippen LogP contribution in [0.2, 0.25) is 0 Å². The van der Waals surface area contributed by atoms with Crippen LogP contribution in [0, 0.1) is 11.3 Å². The third-order valence-electron chi connectivity index (χ3n) is 4.24. The largest absolute Gasteiger partial charge is 0.359 e. The zero-order valence-corrected chi connectivity index (χ0v) is 19.5. The molecule has 0 aromatic heterocycles. The first-order valence-corrected chi connectivity index (χ1v) is 8.97. The molecule has 1 aromatic rings. The lowest BCUT2D eigenvalue weighted by molar-refractivity contribution is -0.128. The quantitative estimate of drug-likeness (QED) is 0.322. The Balaban J connectivity index is 0.00000625. The molecule has 0 radical (unpaired) electrons. The summed E-state index contributed by atoms with van der Waals surface area (Å²) in [6.07, 6.45) is 1.10. The Hall–Kier alpha value is -1.31.